The number of benzene rings is 2. The Kier molecular flexibility index (Phi) is 5.34. The van der Waals surface area contributed by atoms with Gasteiger partial charge in [0.05, 0.1) is 19.1 Å². The first-order chi connectivity index (χ1) is 12.5. The van der Waals surface area contributed by atoms with E-state index in [4.69, 9.17) is 4.42 Å². The number of carbonyl (C=O) groups is 1. The van der Waals surface area contributed by atoms with E-state index in [1.54, 1.807) is 31.6 Å². The van der Waals surface area contributed by atoms with E-state index in [1.165, 1.54) is 6.08 Å². The molecule has 3 aromatic rings. The Morgan fingerprint density at radius 1 is 1.08 bits per heavy atom. The number of nitrogens with one attached hydrogen (secondary N) is 1. The van der Waals surface area contributed by atoms with Crippen molar-refractivity contribution in [3.8, 4) is 11.1 Å². The van der Waals surface area contributed by atoms with Crippen molar-refractivity contribution >= 4 is 12.0 Å². The fourth-order valence-electron chi connectivity index (χ4n) is 2.61. The smallest absolute Gasteiger partial charge is 0.244 e. The number of amides is 1. The van der Waals surface area contributed by atoms with Gasteiger partial charge in [0.15, 0.2) is 0 Å². The molecule has 1 aromatic heterocycles. The van der Waals surface area contributed by atoms with Gasteiger partial charge < -0.3 is 14.8 Å². The standard InChI is InChI=1S/C22H21NO3/c1-22(25,16-23-21(24)12-7-17-13-14-26-15-17)20-10-8-19(9-11-20)18-5-3-2-4-6-18/h2-15,25H,16H2,1H3,(H,23,24)/b12-7+/t22-/m0/s1. The molecule has 0 saturated heterocycles. The van der Waals surface area contributed by atoms with Crippen LogP contribution in [0, 0.1) is 0 Å². The lowest BCUT2D eigenvalue weighted by molar-refractivity contribution is -0.117. The van der Waals surface area contributed by atoms with Gasteiger partial charge in [0.25, 0.3) is 0 Å². The fourth-order valence-corrected chi connectivity index (χ4v) is 2.61. The average molecular weight is 347 g/mol. The lowest BCUT2D eigenvalue weighted by atomic mass is 9.93. The Bertz CT molecular complexity index is 864. The molecule has 0 aliphatic carbocycles. The summed E-state index contributed by atoms with van der Waals surface area (Å²) in [4.78, 5) is 11.9. The van der Waals surface area contributed by atoms with Crippen LogP contribution in [0.4, 0.5) is 0 Å². The van der Waals surface area contributed by atoms with Crippen molar-refractivity contribution in [2.24, 2.45) is 0 Å². The quantitative estimate of drug-likeness (QED) is 0.663. The van der Waals surface area contributed by atoms with Gasteiger partial charge in [-0.15, -0.1) is 0 Å². The first kappa shape index (κ1) is 17.7. The molecule has 1 atom stereocenters. The first-order valence-corrected chi connectivity index (χ1v) is 8.41. The van der Waals surface area contributed by atoms with E-state index >= 15 is 0 Å². The molecule has 3 rings (SSSR count). The van der Waals surface area contributed by atoms with Crippen LogP contribution in [-0.4, -0.2) is 17.6 Å². The minimum atomic E-state index is -1.16. The number of hydrogen-bond acceptors (Lipinski definition) is 3. The summed E-state index contributed by atoms with van der Waals surface area (Å²) >= 11 is 0. The highest BCUT2D eigenvalue weighted by Crippen LogP contribution is 2.24. The molecule has 1 heterocycles. The fraction of sp³-hybridized carbons (Fsp3) is 0.136. The van der Waals surface area contributed by atoms with Gasteiger partial charge >= 0.3 is 0 Å². The second-order valence-corrected chi connectivity index (χ2v) is 6.33. The molecule has 0 aliphatic heterocycles. The summed E-state index contributed by atoms with van der Waals surface area (Å²) in [7, 11) is 0. The van der Waals surface area contributed by atoms with E-state index in [0.29, 0.717) is 0 Å². The van der Waals surface area contributed by atoms with E-state index in [1.807, 2.05) is 54.6 Å². The van der Waals surface area contributed by atoms with Crippen molar-refractivity contribution in [2.45, 2.75) is 12.5 Å². The van der Waals surface area contributed by atoms with Crippen molar-refractivity contribution < 1.29 is 14.3 Å². The maximum absolute atomic E-state index is 11.9. The Morgan fingerprint density at radius 3 is 2.42 bits per heavy atom. The second kappa shape index (κ2) is 7.85. The van der Waals surface area contributed by atoms with E-state index in [0.717, 1.165) is 22.3 Å². The molecule has 0 unspecified atom stereocenters. The van der Waals surface area contributed by atoms with Gasteiger partial charge in [0.1, 0.15) is 5.60 Å². The molecule has 0 aliphatic rings. The van der Waals surface area contributed by atoms with Crippen LogP contribution in [0.3, 0.4) is 0 Å². The van der Waals surface area contributed by atoms with Crippen LogP contribution in [0.2, 0.25) is 0 Å². The molecule has 0 bridgehead atoms. The Morgan fingerprint density at radius 2 is 1.77 bits per heavy atom. The van der Waals surface area contributed by atoms with E-state index in [9.17, 15) is 9.90 Å². The van der Waals surface area contributed by atoms with Crippen molar-refractivity contribution in [3.63, 3.8) is 0 Å². The molecule has 0 fully saturated rings. The molecule has 4 nitrogen and oxygen atoms in total. The van der Waals surface area contributed by atoms with Gasteiger partial charge in [-0.3, -0.25) is 4.79 Å². The number of aliphatic hydroxyl groups is 1. The molecule has 132 valence electrons. The Balaban J connectivity index is 1.61. The zero-order chi connectivity index (χ0) is 18.4. The molecule has 4 heteroatoms. The zero-order valence-corrected chi connectivity index (χ0v) is 14.6. The minimum Gasteiger partial charge on any atom is -0.472 e. The third-order valence-corrected chi connectivity index (χ3v) is 4.19. The average Bonchev–Trinajstić information content (AvgIpc) is 3.19. The largest absolute Gasteiger partial charge is 0.472 e. The summed E-state index contributed by atoms with van der Waals surface area (Å²) in [6, 6.07) is 19.5. The molecule has 0 saturated carbocycles. The van der Waals surface area contributed by atoms with Crippen molar-refractivity contribution in [3.05, 3.63) is 90.4 Å². The molecular weight excluding hydrogens is 326 g/mol. The summed E-state index contributed by atoms with van der Waals surface area (Å²) in [5.41, 5.74) is 2.60. The van der Waals surface area contributed by atoms with Crippen LogP contribution in [0.15, 0.2) is 83.7 Å². The summed E-state index contributed by atoms with van der Waals surface area (Å²) in [6.07, 6.45) is 6.16. The highest BCUT2D eigenvalue weighted by atomic mass is 16.3. The van der Waals surface area contributed by atoms with Crippen LogP contribution in [0.5, 0.6) is 0 Å². The molecule has 0 spiro atoms. The van der Waals surface area contributed by atoms with E-state index in [2.05, 4.69) is 5.32 Å². The topological polar surface area (TPSA) is 62.5 Å². The third-order valence-electron chi connectivity index (χ3n) is 4.19. The first-order valence-electron chi connectivity index (χ1n) is 8.41. The predicted octanol–water partition coefficient (Wildman–Crippen LogP) is 3.98. The second-order valence-electron chi connectivity index (χ2n) is 6.33. The molecular formula is C22H21NO3. The van der Waals surface area contributed by atoms with E-state index in [-0.39, 0.29) is 12.5 Å². The van der Waals surface area contributed by atoms with Crippen LogP contribution >= 0.6 is 0 Å². The van der Waals surface area contributed by atoms with Gasteiger partial charge in [-0.1, -0.05) is 54.6 Å². The third kappa shape index (κ3) is 4.49. The number of hydrogen-bond donors (Lipinski definition) is 2. The maximum atomic E-state index is 11.9. The molecule has 2 aromatic carbocycles. The number of carbonyl (C=O) groups excluding carboxylic acids is 1. The van der Waals surface area contributed by atoms with Gasteiger partial charge in [0.2, 0.25) is 5.91 Å². The van der Waals surface area contributed by atoms with Crippen LogP contribution in [0.1, 0.15) is 18.1 Å². The van der Waals surface area contributed by atoms with Crippen LogP contribution in [-0.2, 0) is 10.4 Å². The normalized spacial score (nSPS) is 13.5. The van der Waals surface area contributed by atoms with Gasteiger partial charge in [-0.2, -0.15) is 0 Å². The van der Waals surface area contributed by atoms with Crippen LogP contribution < -0.4 is 5.32 Å². The Labute approximate surface area is 152 Å². The summed E-state index contributed by atoms with van der Waals surface area (Å²) in [5, 5.41) is 13.4. The summed E-state index contributed by atoms with van der Waals surface area (Å²) in [5.74, 6) is -0.271. The van der Waals surface area contributed by atoms with Gasteiger partial charge in [-0.25, -0.2) is 0 Å². The van der Waals surface area contributed by atoms with Crippen molar-refractivity contribution in [1.82, 2.24) is 5.32 Å². The molecule has 1 amide bonds. The van der Waals surface area contributed by atoms with Crippen molar-refractivity contribution in [2.75, 3.05) is 6.54 Å². The molecule has 26 heavy (non-hydrogen) atoms. The minimum absolute atomic E-state index is 0.117. The zero-order valence-electron chi connectivity index (χ0n) is 14.6. The lowest BCUT2D eigenvalue weighted by Crippen LogP contribution is -2.37. The highest BCUT2D eigenvalue weighted by molar-refractivity contribution is 5.91. The molecule has 2 N–H and O–H groups in total. The molecule has 0 radical (unpaired) electrons. The maximum Gasteiger partial charge on any atom is 0.244 e. The van der Waals surface area contributed by atoms with Gasteiger partial charge in [0, 0.05) is 11.6 Å². The number of rotatable bonds is 6. The summed E-state index contributed by atoms with van der Waals surface area (Å²) in [6.45, 7) is 1.80. The SMILES string of the molecule is C[C@](O)(CNC(=O)/C=C/c1ccoc1)c1ccc(-c2ccccc2)cc1. The van der Waals surface area contributed by atoms with Crippen molar-refractivity contribution in [1.29, 1.82) is 0 Å². The van der Waals surface area contributed by atoms with E-state index < -0.39 is 5.60 Å². The Hall–Kier alpha value is -3.11. The predicted molar refractivity (Wildman–Crippen MR) is 102 cm³/mol. The monoisotopic (exact) mass is 347 g/mol. The summed E-state index contributed by atoms with van der Waals surface area (Å²) < 4.78 is 4.94. The highest BCUT2D eigenvalue weighted by Gasteiger charge is 2.23. The van der Waals surface area contributed by atoms with Crippen LogP contribution in [0.25, 0.3) is 17.2 Å². The number of furan rings is 1. The van der Waals surface area contributed by atoms with Gasteiger partial charge in [-0.05, 0) is 35.8 Å². The lowest BCUT2D eigenvalue weighted by Gasteiger charge is -2.24.